The molecule has 0 aliphatic carbocycles. The van der Waals surface area contributed by atoms with E-state index in [-0.39, 0.29) is 0 Å². The van der Waals surface area contributed by atoms with Gasteiger partial charge in [0.05, 0.1) is 5.69 Å². The molecule has 0 aliphatic heterocycles. The number of terminal acetylenes is 1. The molecule has 6 nitrogen and oxygen atoms in total. The van der Waals surface area contributed by atoms with Crippen LogP contribution in [-0.4, -0.2) is 22.0 Å². The molecular weight excluding hydrogens is 324 g/mol. The first-order valence-electron chi connectivity index (χ1n) is 3.87. The van der Waals surface area contributed by atoms with Gasteiger partial charge >= 0.3 is 28.3 Å². The number of aryl methyl sites for hydroxylation is 2. The predicted octanol–water partition coefficient (Wildman–Crippen LogP) is 2.53. The fraction of sp³-hybridized carbons (Fsp3) is 0.500. The van der Waals surface area contributed by atoms with Crippen molar-refractivity contribution in [1.29, 1.82) is 0 Å². The van der Waals surface area contributed by atoms with Crippen LogP contribution >= 0.6 is 14.1 Å². The van der Waals surface area contributed by atoms with Gasteiger partial charge in [0.25, 0.3) is 0 Å². The van der Waals surface area contributed by atoms with Crippen molar-refractivity contribution in [2.75, 3.05) is 7.05 Å². The Labute approximate surface area is 111 Å². The summed E-state index contributed by atoms with van der Waals surface area (Å²) >= 11 is 6.50. The molecule has 0 aromatic carbocycles. The summed E-state index contributed by atoms with van der Waals surface area (Å²) in [6.07, 6.45) is 6.46. The molecule has 0 unspecified atom stereocenters. The van der Waals surface area contributed by atoms with E-state index in [9.17, 15) is 0 Å². The molecule has 94 valence electrons. The summed E-state index contributed by atoms with van der Waals surface area (Å²) in [6, 6.07) is 0. The van der Waals surface area contributed by atoms with Crippen molar-refractivity contribution in [3.8, 4) is 12.3 Å². The fourth-order valence-corrected chi connectivity index (χ4v) is 0.463. The average molecular weight is 338 g/mol. The third-order valence-electron chi connectivity index (χ3n) is 0.807. The second kappa shape index (κ2) is 19.6. The van der Waals surface area contributed by atoms with E-state index in [0.717, 1.165) is 5.69 Å². The molecule has 0 aliphatic rings. The summed E-state index contributed by atoms with van der Waals surface area (Å²) in [7, 11) is 3.24. The maximum atomic E-state index is 7.33. The van der Waals surface area contributed by atoms with Gasteiger partial charge in [-0.15, -0.1) is 17.4 Å². The maximum absolute atomic E-state index is 7.33. The second-order valence-electron chi connectivity index (χ2n) is 2.11. The minimum atomic E-state index is 0.961. The van der Waals surface area contributed by atoms with Crippen LogP contribution in [-0.2, 0) is 21.3 Å². The van der Waals surface area contributed by atoms with Gasteiger partial charge in [-0.1, -0.05) is 10.3 Å². The van der Waals surface area contributed by atoms with Crippen molar-refractivity contribution in [3.05, 3.63) is 22.3 Å². The van der Waals surface area contributed by atoms with Crippen LogP contribution in [0.4, 0.5) is 0 Å². The number of aromatic nitrogens is 3. The first-order valence-corrected chi connectivity index (χ1v) is 6.20. The number of halogens is 1. The summed E-state index contributed by atoms with van der Waals surface area (Å²) in [4.78, 5) is 2.36. The number of hydrogen-bond donors (Lipinski definition) is 0. The normalized spacial score (nSPS) is 6.12. The van der Waals surface area contributed by atoms with E-state index in [2.05, 4.69) is 61.0 Å². The molecule has 1 aromatic heterocycles. The zero-order chi connectivity index (χ0) is 13.4. The minimum absolute atomic E-state index is 0.961. The number of azide groups is 1. The molecule has 0 radical (unpaired) electrons. The van der Waals surface area contributed by atoms with Gasteiger partial charge < -0.3 is 0 Å². The van der Waals surface area contributed by atoms with Gasteiger partial charge in [0.1, 0.15) is 0 Å². The summed E-state index contributed by atoms with van der Waals surface area (Å²) in [6.45, 7) is 3.56. The van der Waals surface area contributed by atoms with E-state index in [1.165, 1.54) is 7.05 Å². The molecule has 0 amide bonds. The first kappa shape index (κ1) is 20.4. The van der Waals surface area contributed by atoms with E-state index in [1.807, 2.05) is 20.2 Å². The van der Waals surface area contributed by atoms with Crippen LogP contribution in [0.5, 0.6) is 0 Å². The van der Waals surface area contributed by atoms with Crippen LogP contribution in [0, 0.1) is 19.3 Å². The number of nitrogens with zero attached hydrogens (tertiary/aromatic N) is 6. The van der Waals surface area contributed by atoms with E-state index >= 15 is 0 Å². The van der Waals surface area contributed by atoms with Gasteiger partial charge in [-0.2, -0.15) is 0 Å². The van der Waals surface area contributed by atoms with Crippen molar-refractivity contribution >= 4 is 14.1 Å². The molecule has 8 heteroatoms. The van der Waals surface area contributed by atoms with Gasteiger partial charge in [0.15, 0.2) is 0 Å². The number of hydrogen-bond acceptors (Lipinski definition) is 3. The van der Waals surface area contributed by atoms with E-state index in [0.29, 0.717) is 0 Å². The van der Waals surface area contributed by atoms with Crippen LogP contribution < -0.4 is 0 Å². The zero-order valence-electron chi connectivity index (χ0n) is 9.52. The molecule has 0 bridgehead atoms. The molecule has 0 fully saturated rings. The molecule has 1 heterocycles. The quantitative estimate of drug-likeness (QED) is 0.240. The zero-order valence-corrected chi connectivity index (χ0v) is 12.0. The Balaban J connectivity index is -0.000000163. The van der Waals surface area contributed by atoms with Crippen molar-refractivity contribution in [2.45, 2.75) is 13.8 Å². The summed E-state index contributed by atoms with van der Waals surface area (Å²) < 4.78 is 1.68. The Morgan fingerprint density at radius 3 is 2.12 bits per heavy atom. The molecule has 16 heavy (non-hydrogen) atoms. The van der Waals surface area contributed by atoms with Crippen LogP contribution in [0.3, 0.4) is 0 Å². The van der Waals surface area contributed by atoms with Gasteiger partial charge in [0.2, 0.25) is 0 Å². The predicted molar refractivity (Wildman–Crippen MR) is 64.2 cm³/mol. The van der Waals surface area contributed by atoms with Gasteiger partial charge in [-0.05, 0) is 19.4 Å². The molecular formula is C8H14BrCuN6. The third kappa shape index (κ3) is 23.1. The molecule has 1 rings (SSSR count). The molecule has 0 saturated heterocycles. The van der Waals surface area contributed by atoms with Crippen LogP contribution in [0.2, 0.25) is 0 Å². The number of rotatable bonds is 0. The molecule has 0 saturated carbocycles. The summed E-state index contributed by atoms with van der Waals surface area (Å²) in [5.41, 5.74) is 8.29. The van der Waals surface area contributed by atoms with Crippen molar-refractivity contribution < 1.29 is 14.2 Å². The standard InChI is InChI=1S/C4H7N3.C3H4.CH3N3.BrH.Cu/c1-4-3-7(2)6-5-4;1-3-2;1-3-4-2;;/h3H,1-2H3;1H,2H3;1H3;1H;/q;;;;+1/p-1. The molecule has 0 spiro atoms. The summed E-state index contributed by atoms with van der Waals surface area (Å²) in [5, 5.41) is 10.3. The summed E-state index contributed by atoms with van der Waals surface area (Å²) in [5.74, 6) is 2.25. The Bertz CT molecular complexity index is 309. The molecule has 0 N–H and O–H groups in total. The molecule has 1 aromatic rings. The third-order valence-corrected chi connectivity index (χ3v) is 0.807. The van der Waals surface area contributed by atoms with Crippen molar-refractivity contribution in [2.24, 2.45) is 12.2 Å². The average Bonchev–Trinajstić information content (AvgIpc) is 2.67. The van der Waals surface area contributed by atoms with Gasteiger partial charge in [-0.25, -0.2) is 0 Å². The SMILES string of the molecule is C#CC.CN=[N+]=[N-].Cc1cn(C)nn1.[Cu][Br]. The van der Waals surface area contributed by atoms with Crippen LogP contribution in [0.15, 0.2) is 11.3 Å². The van der Waals surface area contributed by atoms with Crippen molar-refractivity contribution in [3.63, 3.8) is 0 Å². The molecule has 0 atom stereocenters. The Hall–Kier alpha value is -0.991. The van der Waals surface area contributed by atoms with Crippen LogP contribution in [0.25, 0.3) is 10.4 Å². The van der Waals surface area contributed by atoms with Gasteiger partial charge in [-0.3, -0.25) is 4.68 Å². The monoisotopic (exact) mass is 336 g/mol. The Morgan fingerprint density at radius 1 is 1.69 bits per heavy atom. The van der Waals surface area contributed by atoms with Crippen molar-refractivity contribution in [1.82, 2.24) is 15.0 Å². The van der Waals surface area contributed by atoms with Gasteiger partial charge in [0, 0.05) is 25.2 Å². The van der Waals surface area contributed by atoms with E-state index in [4.69, 9.17) is 5.53 Å². The Morgan fingerprint density at radius 2 is 2.06 bits per heavy atom. The second-order valence-corrected chi connectivity index (χ2v) is 2.11. The fourth-order valence-electron chi connectivity index (χ4n) is 0.463. The topological polar surface area (TPSA) is 79.5 Å². The first-order chi connectivity index (χ1) is 7.62. The van der Waals surface area contributed by atoms with Crippen LogP contribution in [0.1, 0.15) is 12.6 Å². The van der Waals surface area contributed by atoms with E-state index in [1.54, 1.807) is 11.6 Å². The Kier molecular flexibility index (Phi) is 25.0. The van der Waals surface area contributed by atoms with E-state index < -0.39 is 0 Å².